The molecular weight excluding hydrogens is 600 g/mol. The van der Waals surface area contributed by atoms with Crippen LogP contribution in [0, 0.1) is 17.3 Å². The van der Waals surface area contributed by atoms with E-state index < -0.39 is 41.4 Å². The normalized spacial score (nSPS) is 36.4. The van der Waals surface area contributed by atoms with E-state index in [0.717, 1.165) is 39.0 Å². The van der Waals surface area contributed by atoms with E-state index >= 15 is 0 Å². The molecule has 3 aliphatic heterocycles. The molecule has 0 unspecified atom stereocenters. The summed E-state index contributed by atoms with van der Waals surface area (Å²) in [5.74, 6) is -1.45. The number of aliphatic hydroxyl groups excluding tert-OH is 1. The van der Waals surface area contributed by atoms with Gasteiger partial charge in [0.2, 0.25) is 0 Å². The molecule has 8 atom stereocenters. The third-order valence-electron chi connectivity index (χ3n) is 11.2. The Hall–Kier alpha value is -1.99. The molecule has 11 nitrogen and oxygen atoms in total. The number of likely N-dealkylation sites (N-methyl/N-ethyl adjacent to an activating group) is 2. The summed E-state index contributed by atoms with van der Waals surface area (Å²) in [6, 6.07) is 3.92. The minimum atomic E-state index is -1.43. The number of esters is 1. The van der Waals surface area contributed by atoms with Crippen LogP contribution in [-0.2, 0) is 35.1 Å². The zero-order chi connectivity index (χ0) is 34.7. The van der Waals surface area contributed by atoms with Gasteiger partial charge in [-0.25, -0.2) is 0 Å². The highest BCUT2D eigenvalue weighted by molar-refractivity contribution is 6.04. The molecular formula is C36H60N4O7. The SMILES string of the molecule is CO[C@]1(C)C[C@@H](C)CN(C)C2(CCN(Cc3ccncc3)CC2)COC(=O)C(C)(C)C(=O)[C@H](C)[C@H]1O[C@@H]1O[C@H](C)C[C@H](N(C)C)[C@H]1O. The molecule has 1 aromatic heterocycles. The van der Waals surface area contributed by atoms with Crippen LogP contribution in [0.3, 0.4) is 0 Å². The number of Topliss-reactive ketones (excluding diaryl/α,β-unsaturated/α-hetero) is 1. The maximum atomic E-state index is 14.3. The number of carbonyl (C=O) groups is 2. The van der Waals surface area contributed by atoms with E-state index in [0.29, 0.717) is 12.8 Å². The van der Waals surface area contributed by atoms with E-state index in [1.165, 1.54) is 5.56 Å². The number of nitrogens with zero attached hydrogens (tertiary/aromatic N) is 4. The Kier molecular flexibility index (Phi) is 12.3. The van der Waals surface area contributed by atoms with Gasteiger partial charge in [0, 0.05) is 57.6 Å². The average Bonchev–Trinajstić information content (AvgIpc) is 3.03. The highest BCUT2D eigenvalue weighted by Crippen LogP contribution is 2.39. The Labute approximate surface area is 282 Å². The average molecular weight is 661 g/mol. The van der Waals surface area contributed by atoms with Gasteiger partial charge in [-0.15, -0.1) is 0 Å². The van der Waals surface area contributed by atoms with Crippen molar-refractivity contribution in [1.82, 2.24) is 19.7 Å². The highest BCUT2D eigenvalue weighted by Gasteiger charge is 2.52. The van der Waals surface area contributed by atoms with Crippen molar-refractivity contribution in [3.05, 3.63) is 30.1 Å². The third kappa shape index (κ3) is 8.43. The molecule has 1 aromatic rings. The van der Waals surface area contributed by atoms with E-state index in [1.54, 1.807) is 27.9 Å². The third-order valence-corrected chi connectivity index (χ3v) is 11.2. The number of aromatic nitrogens is 1. The summed E-state index contributed by atoms with van der Waals surface area (Å²) >= 11 is 0. The predicted octanol–water partition coefficient (Wildman–Crippen LogP) is 3.38. The summed E-state index contributed by atoms with van der Waals surface area (Å²) < 4.78 is 25.2. The van der Waals surface area contributed by atoms with E-state index in [9.17, 15) is 14.7 Å². The number of rotatable bonds is 6. The van der Waals surface area contributed by atoms with Gasteiger partial charge in [0.1, 0.15) is 18.1 Å². The fourth-order valence-corrected chi connectivity index (χ4v) is 8.02. The van der Waals surface area contributed by atoms with Crippen molar-refractivity contribution in [1.29, 1.82) is 0 Å². The highest BCUT2D eigenvalue weighted by atomic mass is 16.7. The minimum absolute atomic E-state index is 0.139. The number of ether oxygens (including phenoxy) is 4. The molecule has 11 heteroatoms. The summed E-state index contributed by atoms with van der Waals surface area (Å²) in [5, 5.41) is 11.4. The van der Waals surface area contributed by atoms with Crippen LogP contribution in [0.15, 0.2) is 24.5 Å². The van der Waals surface area contributed by atoms with Crippen LogP contribution in [-0.4, -0.2) is 133 Å². The Balaban J connectivity index is 1.63. The smallest absolute Gasteiger partial charge is 0.319 e. The molecule has 3 aliphatic rings. The molecule has 0 amide bonds. The second kappa shape index (κ2) is 15.3. The van der Waals surface area contributed by atoms with Gasteiger partial charge in [-0.05, 0) is 98.1 Å². The zero-order valence-electron chi connectivity index (χ0n) is 30.4. The van der Waals surface area contributed by atoms with Gasteiger partial charge in [0.25, 0.3) is 0 Å². The lowest BCUT2D eigenvalue weighted by atomic mass is 9.74. The molecule has 47 heavy (non-hydrogen) atoms. The first-order chi connectivity index (χ1) is 22.0. The number of pyridine rings is 1. The number of carbonyl (C=O) groups excluding carboxylic acids is 2. The Morgan fingerprint density at radius 3 is 2.32 bits per heavy atom. The van der Waals surface area contributed by atoms with E-state index in [2.05, 4.69) is 28.8 Å². The fraction of sp³-hybridized carbons (Fsp3) is 0.806. The topological polar surface area (TPSA) is 114 Å². The van der Waals surface area contributed by atoms with Crippen LogP contribution in [0.4, 0.5) is 0 Å². The van der Waals surface area contributed by atoms with Crippen molar-refractivity contribution in [3.8, 4) is 0 Å². The summed E-state index contributed by atoms with van der Waals surface area (Å²) in [7, 11) is 7.62. The van der Waals surface area contributed by atoms with Crippen molar-refractivity contribution < 1.29 is 33.6 Å². The zero-order valence-corrected chi connectivity index (χ0v) is 30.4. The van der Waals surface area contributed by atoms with Crippen LogP contribution in [0.1, 0.15) is 72.8 Å². The molecule has 4 heterocycles. The first-order valence-corrected chi connectivity index (χ1v) is 17.3. The monoisotopic (exact) mass is 660 g/mol. The van der Waals surface area contributed by atoms with Crippen LogP contribution >= 0.6 is 0 Å². The Morgan fingerprint density at radius 2 is 1.72 bits per heavy atom. The van der Waals surface area contributed by atoms with Gasteiger partial charge in [0.05, 0.1) is 23.3 Å². The van der Waals surface area contributed by atoms with E-state index in [4.69, 9.17) is 18.9 Å². The number of piperidine rings is 1. The number of likely N-dealkylation sites (tertiary alicyclic amines) is 1. The number of hydrogen-bond acceptors (Lipinski definition) is 11. The molecule has 1 spiro atoms. The van der Waals surface area contributed by atoms with Crippen molar-refractivity contribution in [2.24, 2.45) is 17.3 Å². The maximum Gasteiger partial charge on any atom is 0.319 e. The predicted molar refractivity (Wildman–Crippen MR) is 180 cm³/mol. The van der Waals surface area contributed by atoms with Gasteiger partial charge in [-0.2, -0.15) is 0 Å². The van der Waals surface area contributed by atoms with E-state index in [1.807, 2.05) is 57.4 Å². The fourth-order valence-electron chi connectivity index (χ4n) is 8.02. The molecule has 0 aliphatic carbocycles. The van der Waals surface area contributed by atoms with Gasteiger partial charge in [-0.1, -0.05) is 13.8 Å². The van der Waals surface area contributed by atoms with Crippen molar-refractivity contribution in [3.63, 3.8) is 0 Å². The second-order valence-electron chi connectivity index (χ2n) is 15.5. The standard InChI is InChI=1S/C36H60N4O7/c1-24-20-35(6,44-10)31(47-32-29(41)28(38(7)8)19-25(2)46-32)26(3)30(42)34(4,5)33(43)45-23-36(39(9)21-24)13-17-40(18-14-36)22-27-11-15-37-16-12-27/h11-12,15-16,24-26,28-29,31-32,41H,13-14,17-23H2,1-10H3/t24-,25-,26+,28+,29-,31-,32+,35-/m1/s1. The van der Waals surface area contributed by atoms with Crippen molar-refractivity contribution >= 4 is 11.8 Å². The van der Waals surface area contributed by atoms with Crippen LogP contribution in [0.2, 0.25) is 0 Å². The summed E-state index contributed by atoms with van der Waals surface area (Å²) in [5.41, 5.74) is -1.50. The summed E-state index contributed by atoms with van der Waals surface area (Å²) in [6.45, 7) is 14.7. The van der Waals surface area contributed by atoms with E-state index in [-0.39, 0.29) is 36.0 Å². The molecule has 3 fully saturated rings. The lowest BCUT2D eigenvalue weighted by Gasteiger charge is -2.48. The molecule has 1 N–H and O–H groups in total. The Morgan fingerprint density at radius 1 is 1.09 bits per heavy atom. The molecule has 0 saturated carbocycles. The van der Waals surface area contributed by atoms with Gasteiger partial charge in [-0.3, -0.25) is 24.4 Å². The molecule has 3 saturated heterocycles. The number of cyclic esters (lactones) is 1. The number of hydrogen-bond donors (Lipinski definition) is 1. The molecule has 0 aromatic carbocycles. The number of ketones is 1. The first kappa shape index (κ1) is 37.8. The second-order valence-corrected chi connectivity index (χ2v) is 15.5. The first-order valence-electron chi connectivity index (χ1n) is 17.3. The van der Waals surface area contributed by atoms with Crippen LogP contribution in [0.5, 0.6) is 0 Å². The quantitative estimate of drug-likeness (QED) is 0.358. The lowest BCUT2D eigenvalue weighted by Crippen LogP contribution is -2.59. The minimum Gasteiger partial charge on any atom is -0.463 e. The molecule has 4 rings (SSSR count). The van der Waals surface area contributed by atoms with Crippen LogP contribution in [0.25, 0.3) is 0 Å². The Bertz CT molecular complexity index is 1190. The molecule has 0 bridgehead atoms. The van der Waals surface area contributed by atoms with Crippen molar-refractivity contribution in [2.45, 2.75) is 116 Å². The summed E-state index contributed by atoms with van der Waals surface area (Å²) in [4.78, 5) is 39.0. The maximum absolute atomic E-state index is 14.3. The van der Waals surface area contributed by atoms with Gasteiger partial charge >= 0.3 is 5.97 Å². The summed E-state index contributed by atoms with van der Waals surface area (Å²) in [6.07, 6.45) is 3.68. The molecule has 0 radical (unpaired) electrons. The van der Waals surface area contributed by atoms with Gasteiger partial charge < -0.3 is 29.0 Å². The largest absolute Gasteiger partial charge is 0.463 e. The lowest BCUT2D eigenvalue weighted by molar-refractivity contribution is -0.295. The van der Waals surface area contributed by atoms with Crippen LogP contribution < -0.4 is 0 Å². The van der Waals surface area contributed by atoms with Crippen molar-refractivity contribution in [2.75, 3.05) is 54.5 Å². The number of aliphatic hydroxyl groups is 1. The van der Waals surface area contributed by atoms with Gasteiger partial charge in [0.15, 0.2) is 12.1 Å². The molecule has 266 valence electrons. The number of methoxy groups -OCH3 is 1.